The molecule has 0 unspecified atom stereocenters. The molecule has 3 aromatic rings. The lowest BCUT2D eigenvalue weighted by atomic mass is 10.3. The summed E-state index contributed by atoms with van der Waals surface area (Å²) in [6.45, 7) is 5.29. The molecule has 6 nitrogen and oxygen atoms in total. The molecule has 21 heavy (non-hydrogen) atoms. The molecule has 0 aromatic carbocycles. The van der Waals surface area contributed by atoms with Gasteiger partial charge in [-0.05, 0) is 31.5 Å². The maximum atomic E-state index is 12.1. The van der Waals surface area contributed by atoms with Gasteiger partial charge < -0.3 is 9.72 Å². The van der Waals surface area contributed by atoms with Crippen LogP contribution in [-0.4, -0.2) is 25.1 Å². The first-order valence-electron chi connectivity index (χ1n) is 6.90. The Kier molecular flexibility index (Phi) is 3.43. The van der Waals surface area contributed by atoms with E-state index in [-0.39, 0.29) is 5.91 Å². The van der Waals surface area contributed by atoms with Crippen molar-refractivity contribution in [1.82, 2.24) is 24.5 Å². The minimum Gasteiger partial charge on any atom is -0.346 e. The topological polar surface area (TPSA) is 64.2 Å². The second-order valence-corrected chi connectivity index (χ2v) is 4.98. The molecule has 108 valence electrons. The van der Waals surface area contributed by atoms with Crippen LogP contribution in [0.5, 0.6) is 0 Å². The Morgan fingerprint density at radius 2 is 2.24 bits per heavy atom. The van der Waals surface area contributed by atoms with Crippen molar-refractivity contribution < 1.29 is 4.79 Å². The van der Waals surface area contributed by atoms with E-state index in [2.05, 4.69) is 15.4 Å². The van der Waals surface area contributed by atoms with Gasteiger partial charge in [-0.1, -0.05) is 0 Å². The van der Waals surface area contributed by atoms with Crippen LogP contribution < -0.4 is 5.32 Å². The van der Waals surface area contributed by atoms with Crippen molar-refractivity contribution in [3.05, 3.63) is 53.7 Å². The Morgan fingerprint density at radius 1 is 1.38 bits per heavy atom. The number of rotatable bonds is 4. The Labute approximate surface area is 122 Å². The summed E-state index contributed by atoms with van der Waals surface area (Å²) in [5.74, 6) is -0.180. The molecule has 0 aliphatic heterocycles. The van der Waals surface area contributed by atoms with Gasteiger partial charge in [-0.25, -0.2) is 4.98 Å². The summed E-state index contributed by atoms with van der Waals surface area (Å²) in [6, 6.07) is 3.93. The Morgan fingerprint density at radius 3 is 3.00 bits per heavy atom. The molecule has 3 heterocycles. The Hall–Kier alpha value is -2.63. The molecule has 0 spiro atoms. The first kappa shape index (κ1) is 13.4. The van der Waals surface area contributed by atoms with Crippen LogP contribution in [0.3, 0.4) is 0 Å². The maximum Gasteiger partial charge on any atom is 0.271 e. The predicted octanol–water partition coefficient (Wildman–Crippen LogP) is 1.79. The van der Waals surface area contributed by atoms with Crippen molar-refractivity contribution >= 4 is 11.6 Å². The molecular weight excluding hydrogens is 266 g/mol. The fourth-order valence-corrected chi connectivity index (χ4v) is 2.14. The van der Waals surface area contributed by atoms with E-state index in [1.54, 1.807) is 12.4 Å². The Balaban J connectivity index is 1.71. The third-order valence-electron chi connectivity index (χ3n) is 3.31. The summed E-state index contributed by atoms with van der Waals surface area (Å²) in [5.41, 5.74) is 3.29. The van der Waals surface area contributed by atoms with Crippen molar-refractivity contribution in [2.24, 2.45) is 0 Å². The van der Waals surface area contributed by atoms with Gasteiger partial charge in [0, 0.05) is 37.2 Å². The monoisotopic (exact) mass is 283 g/mol. The molecule has 0 saturated carbocycles. The van der Waals surface area contributed by atoms with Gasteiger partial charge >= 0.3 is 0 Å². The van der Waals surface area contributed by atoms with Crippen LogP contribution in [0.4, 0.5) is 0 Å². The predicted molar refractivity (Wildman–Crippen MR) is 79.0 cm³/mol. The summed E-state index contributed by atoms with van der Waals surface area (Å²) >= 11 is 0. The zero-order valence-corrected chi connectivity index (χ0v) is 12.1. The fourth-order valence-electron chi connectivity index (χ4n) is 2.14. The molecule has 0 atom stereocenters. The van der Waals surface area contributed by atoms with E-state index in [9.17, 15) is 4.79 Å². The number of hydrogen-bond acceptors (Lipinski definition) is 3. The smallest absolute Gasteiger partial charge is 0.271 e. The van der Waals surface area contributed by atoms with Crippen LogP contribution in [0, 0.1) is 6.92 Å². The highest BCUT2D eigenvalue weighted by Gasteiger charge is 2.10. The lowest BCUT2D eigenvalue weighted by Crippen LogP contribution is -2.22. The lowest BCUT2D eigenvalue weighted by molar-refractivity contribution is 0.0946. The summed E-state index contributed by atoms with van der Waals surface area (Å²) in [7, 11) is 0. The largest absolute Gasteiger partial charge is 0.346 e. The maximum absolute atomic E-state index is 12.1. The molecule has 3 aromatic heterocycles. The summed E-state index contributed by atoms with van der Waals surface area (Å²) in [5, 5.41) is 7.04. The third kappa shape index (κ3) is 2.79. The van der Waals surface area contributed by atoms with Gasteiger partial charge in [-0.3, -0.25) is 9.48 Å². The number of fused-ring (bicyclic) bond motifs is 1. The average molecular weight is 283 g/mol. The number of carbonyl (C=O) groups is 1. The van der Waals surface area contributed by atoms with Crippen molar-refractivity contribution in [3.63, 3.8) is 0 Å². The molecule has 6 heteroatoms. The molecule has 1 amide bonds. The second kappa shape index (κ2) is 5.40. The minimum absolute atomic E-state index is 0.180. The summed E-state index contributed by atoms with van der Waals surface area (Å²) in [6.07, 6.45) is 7.32. The highest BCUT2D eigenvalue weighted by molar-refractivity contribution is 5.92. The molecule has 0 saturated heterocycles. The van der Waals surface area contributed by atoms with E-state index in [0.717, 1.165) is 23.3 Å². The van der Waals surface area contributed by atoms with Gasteiger partial charge in [0.05, 0.1) is 6.20 Å². The summed E-state index contributed by atoms with van der Waals surface area (Å²) < 4.78 is 3.67. The van der Waals surface area contributed by atoms with Crippen LogP contribution in [0.1, 0.15) is 28.5 Å². The SMILES string of the molecule is CCn1cc(CNC(=O)c2cn3ccc(C)cc3n2)cn1. The first-order chi connectivity index (χ1) is 10.2. The van der Waals surface area contributed by atoms with Crippen LogP contribution in [-0.2, 0) is 13.1 Å². The highest BCUT2D eigenvalue weighted by Crippen LogP contribution is 2.08. The lowest BCUT2D eigenvalue weighted by Gasteiger charge is -1.99. The van der Waals surface area contributed by atoms with Crippen LogP contribution in [0.2, 0.25) is 0 Å². The molecule has 3 rings (SSSR count). The fraction of sp³-hybridized carbons (Fsp3) is 0.267. The van der Waals surface area contributed by atoms with E-state index in [1.807, 2.05) is 47.5 Å². The van der Waals surface area contributed by atoms with Gasteiger partial charge in [0.15, 0.2) is 0 Å². The van der Waals surface area contributed by atoms with Crippen molar-refractivity contribution in [2.75, 3.05) is 0 Å². The zero-order chi connectivity index (χ0) is 14.8. The number of amides is 1. The van der Waals surface area contributed by atoms with Crippen LogP contribution in [0.15, 0.2) is 36.9 Å². The van der Waals surface area contributed by atoms with E-state index >= 15 is 0 Å². The van der Waals surface area contributed by atoms with Gasteiger partial charge in [-0.2, -0.15) is 5.10 Å². The standard InChI is InChI=1S/C15H17N5O/c1-3-20-9-12(8-17-20)7-16-15(21)13-10-19-5-4-11(2)6-14(19)18-13/h4-6,8-10H,3,7H2,1-2H3,(H,16,21). The third-order valence-corrected chi connectivity index (χ3v) is 3.31. The average Bonchev–Trinajstić information content (AvgIpc) is 3.10. The highest BCUT2D eigenvalue weighted by atomic mass is 16.1. The molecule has 0 fully saturated rings. The van der Waals surface area contributed by atoms with Gasteiger partial charge in [0.25, 0.3) is 5.91 Å². The van der Waals surface area contributed by atoms with E-state index in [0.29, 0.717) is 12.2 Å². The van der Waals surface area contributed by atoms with Crippen molar-refractivity contribution in [3.8, 4) is 0 Å². The minimum atomic E-state index is -0.180. The molecular formula is C15H17N5O. The number of nitrogens with zero attached hydrogens (tertiary/aromatic N) is 4. The number of aromatic nitrogens is 4. The van der Waals surface area contributed by atoms with Gasteiger partial charge in [0.1, 0.15) is 11.3 Å². The van der Waals surface area contributed by atoms with Crippen molar-refractivity contribution in [2.45, 2.75) is 26.9 Å². The van der Waals surface area contributed by atoms with Crippen LogP contribution >= 0.6 is 0 Å². The zero-order valence-electron chi connectivity index (χ0n) is 12.1. The summed E-state index contributed by atoms with van der Waals surface area (Å²) in [4.78, 5) is 16.5. The quantitative estimate of drug-likeness (QED) is 0.794. The number of hydrogen-bond donors (Lipinski definition) is 1. The van der Waals surface area contributed by atoms with E-state index < -0.39 is 0 Å². The van der Waals surface area contributed by atoms with Crippen molar-refractivity contribution in [1.29, 1.82) is 0 Å². The van der Waals surface area contributed by atoms with Crippen LogP contribution in [0.25, 0.3) is 5.65 Å². The number of imidazole rings is 1. The van der Waals surface area contributed by atoms with E-state index in [1.165, 1.54) is 0 Å². The molecule has 0 aliphatic rings. The van der Waals surface area contributed by atoms with Gasteiger partial charge in [0.2, 0.25) is 0 Å². The number of carbonyl (C=O) groups excluding carboxylic acids is 1. The normalized spacial score (nSPS) is 11.0. The molecule has 0 radical (unpaired) electrons. The van der Waals surface area contributed by atoms with E-state index in [4.69, 9.17) is 0 Å². The second-order valence-electron chi connectivity index (χ2n) is 4.98. The Bertz CT molecular complexity index is 786. The molecule has 1 N–H and O–H groups in total. The first-order valence-corrected chi connectivity index (χ1v) is 6.90. The molecule has 0 aliphatic carbocycles. The number of aryl methyl sites for hydroxylation is 2. The van der Waals surface area contributed by atoms with Gasteiger partial charge in [-0.15, -0.1) is 0 Å². The molecule has 0 bridgehead atoms. The number of pyridine rings is 1. The number of nitrogens with one attached hydrogen (secondary N) is 1.